The number of nitro groups is 1. The zero-order valence-electron chi connectivity index (χ0n) is 13.5. The van der Waals surface area contributed by atoms with E-state index in [1.807, 2.05) is 6.08 Å². The summed E-state index contributed by atoms with van der Waals surface area (Å²) in [5.74, 6) is -0.181. The van der Waals surface area contributed by atoms with E-state index in [1.165, 1.54) is 18.3 Å². The number of ether oxygens (including phenoxy) is 1. The van der Waals surface area contributed by atoms with Crippen LogP contribution in [0.25, 0.3) is 11.6 Å². The first-order valence-corrected chi connectivity index (χ1v) is 7.73. The minimum Gasteiger partial charge on any atom is -0.462 e. The summed E-state index contributed by atoms with van der Waals surface area (Å²) in [5.41, 5.74) is 0.921. The normalized spacial score (nSPS) is 14.4. The lowest BCUT2D eigenvalue weighted by Gasteiger charge is -2.06. The summed E-state index contributed by atoms with van der Waals surface area (Å²) in [4.78, 5) is 38.1. The third-order valence-electron chi connectivity index (χ3n) is 3.84. The summed E-state index contributed by atoms with van der Waals surface area (Å²) in [6, 6.07) is 6.12. The van der Waals surface area contributed by atoms with E-state index in [4.69, 9.17) is 4.74 Å². The molecule has 0 amide bonds. The first kappa shape index (κ1) is 16.6. The molecular formula is C17H15N3O5. The molecule has 25 heavy (non-hydrogen) atoms. The fraction of sp³-hybridized carbons (Fsp3) is 0.235. The molecule has 0 saturated carbocycles. The van der Waals surface area contributed by atoms with Gasteiger partial charge in [-0.1, -0.05) is 0 Å². The van der Waals surface area contributed by atoms with Crippen molar-refractivity contribution < 1.29 is 14.5 Å². The van der Waals surface area contributed by atoms with Crippen molar-refractivity contribution in [1.29, 1.82) is 0 Å². The zero-order chi connectivity index (χ0) is 18.0. The number of carbonyl (C=O) groups is 1. The monoisotopic (exact) mass is 341 g/mol. The van der Waals surface area contributed by atoms with Gasteiger partial charge in [0.05, 0.1) is 11.5 Å². The number of benzene rings is 1. The van der Waals surface area contributed by atoms with Crippen LogP contribution in [-0.2, 0) is 11.3 Å². The van der Waals surface area contributed by atoms with E-state index in [2.05, 4.69) is 4.98 Å². The molecule has 1 aliphatic rings. The number of rotatable bonds is 4. The molecule has 0 bridgehead atoms. The molecule has 3 rings (SSSR count). The molecule has 128 valence electrons. The number of nitrogens with zero attached hydrogens (tertiary/aromatic N) is 3. The molecule has 0 unspecified atom stereocenters. The summed E-state index contributed by atoms with van der Waals surface area (Å²) >= 11 is 0. The molecule has 0 atom stereocenters. The van der Waals surface area contributed by atoms with Crippen LogP contribution in [0, 0.1) is 10.1 Å². The van der Waals surface area contributed by atoms with E-state index < -0.39 is 16.5 Å². The van der Waals surface area contributed by atoms with Crippen LogP contribution in [0.5, 0.6) is 0 Å². The molecule has 0 saturated heterocycles. The second-order valence-electron chi connectivity index (χ2n) is 5.47. The van der Waals surface area contributed by atoms with Crippen molar-refractivity contribution in [3.63, 3.8) is 0 Å². The molecule has 0 fully saturated rings. The molecular weight excluding hydrogens is 326 g/mol. The molecule has 0 spiro atoms. The predicted octanol–water partition coefficient (Wildman–Crippen LogP) is 2.27. The second-order valence-corrected chi connectivity index (χ2v) is 5.47. The van der Waals surface area contributed by atoms with Crippen LogP contribution in [0.15, 0.2) is 35.3 Å². The van der Waals surface area contributed by atoms with Crippen LogP contribution >= 0.6 is 0 Å². The number of hydrogen-bond acceptors (Lipinski definition) is 6. The molecule has 2 heterocycles. The molecule has 1 aliphatic heterocycles. The molecule has 8 heteroatoms. The van der Waals surface area contributed by atoms with Gasteiger partial charge in [0.25, 0.3) is 11.2 Å². The van der Waals surface area contributed by atoms with Crippen molar-refractivity contribution in [3.8, 4) is 0 Å². The number of esters is 1. The van der Waals surface area contributed by atoms with E-state index >= 15 is 0 Å². The standard InChI is InChI=1S/C17H15N3O5/c1-2-25-17(22)14-10-19-8-7-12(15(19)18-16(14)21)9-11-3-5-13(6-4-11)20(23)24/h3-6,9-10H,2,7-8H2,1H3/b12-9-. The lowest BCUT2D eigenvalue weighted by molar-refractivity contribution is -0.384. The Morgan fingerprint density at radius 2 is 2.12 bits per heavy atom. The first-order chi connectivity index (χ1) is 12.0. The lowest BCUT2D eigenvalue weighted by Crippen LogP contribution is -2.23. The minimum absolute atomic E-state index is 0.0161. The van der Waals surface area contributed by atoms with Crippen LogP contribution in [0.4, 0.5) is 5.69 Å². The van der Waals surface area contributed by atoms with E-state index in [1.54, 1.807) is 23.6 Å². The van der Waals surface area contributed by atoms with Crippen molar-refractivity contribution in [3.05, 3.63) is 67.9 Å². The zero-order valence-corrected chi connectivity index (χ0v) is 13.5. The average Bonchev–Trinajstić information content (AvgIpc) is 2.96. The van der Waals surface area contributed by atoms with Gasteiger partial charge in [0.1, 0.15) is 11.4 Å². The van der Waals surface area contributed by atoms with Gasteiger partial charge in [-0.15, -0.1) is 0 Å². The van der Waals surface area contributed by atoms with Gasteiger partial charge >= 0.3 is 5.97 Å². The van der Waals surface area contributed by atoms with Gasteiger partial charge in [-0.3, -0.25) is 14.9 Å². The summed E-state index contributed by atoms with van der Waals surface area (Å²) < 4.78 is 6.60. The number of hydrogen-bond donors (Lipinski definition) is 0. The highest BCUT2D eigenvalue weighted by Crippen LogP contribution is 2.27. The Morgan fingerprint density at radius 1 is 1.40 bits per heavy atom. The van der Waals surface area contributed by atoms with Gasteiger partial charge in [-0.2, -0.15) is 4.98 Å². The number of nitro benzene ring substituents is 1. The van der Waals surface area contributed by atoms with E-state index in [0.717, 1.165) is 11.1 Å². The largest absolute Gasteiger partial charge is 0.462 e. The number of aryl methyl sites for hydroxylation is 1. The van der Waals surface area contributed by atoms with Crippen LogP contribution in [-0.4, -0.2) is 27.1 Å². The van der Waals surface area contributed by atoms with Gasteiger partial charge in [-0.25, -0.2) is 4.79 Å². The highest BCUT2D eigenvalue weighted by atomic mass is 16.6. The summed E-state index contributed by atoms with van der Waals surface area (Å²) in [7, 11) is 0. The summed E-state index contributed by atoms with van der Waals surface area (Å²) in [6.07, 6.45) is 3.95. The fourth-order valence-corrected chi connectivity index (χ4v) is 2.65. The minimum atomic E-state index is -0.678. The molecule has 2 aromatic rings. The van der Waals surface area contributed by atoms with Gasteiger partial charge < -0.3 is 9.30 Å². The highest BCUT2D eigenvalue weighted by molar-refractivity contribution is 5.89. The van der Waals surface area contributed by atoms with Crippen molar-refractivity contribution in [2.45, 2.75) is 19.9 Å². The number of allylic oxidation sites excluding steroid dienone is 1. The fourth-order valence-electron chi connectivity index (χ4n) is 2.65. The summed E-state index contributed by atoms with van der Waals surface area (Å²) in [5, 5.41) is 10.7. The maximum atomic E-state index is 12.1. The number of carbonyl (C=O) groups excluding carboxylic acids is 1. The molecule has 0 aliphatic carbocycles. The third-order valence-corrected chi connectivity index (χ3v) is 3.84. The maximum absolute atomic E-state index is 12.1. The number of fused-ring (bicyclic) bond motifs is 1. The summed E-state index contributed by atoms with van der Waals surface area (Å²) in [6.45, 7) is 2.44. The van der Waals surface area contributed by atoms with E-state index in [9.17, 15) is 19.7 Å². The molecule has 1 aromatic carbocycles. The highest BCUT2D eigenvalue weighted by Gasteiger charge is 2.22. The number of non-ortho nitro benzene ring substituents is 1. The maximum Gasteiger partial charge on any atom is 0.345 e. The first-order valence-electron chi connectivity index (χ1n) is 7.73. The Morgan fingerprint density at radius 3 is 2.76 bits per heavy atom. The average molecular weight is 341 g/mol. The SMILES string of the molecule is CCOC(=O)c1cn2c(nc1=O)/C(=C\c1ccc([N+](=O)[O-])cc1)CC2. The Labute approximate surface area is 142 Å². The third kappa shape index (κ3) is 3.32. The van der Waals surface area contributed by atoms with Gasteiger partial charge in [0.15, 0.2) is 0 Å². The lowest BCUT2D eigenvalue weighted by atomic mass is 10.1. The van der Waals surface area contributed by atoms with Gasteiger partial charge in [0, 0.05) is 24.9 Å². The predicted molar refractivity (Wildman–Crippen MR) is 90.0 cm³/mol. The van der Waals surface area contributed by atoms with Crippen molar-refractivity contribution in [1.82, 2.24) is 9.55 Å². The van der Waals surface area contributed by atoms with Crippen LogP contribution < -0.4 is 5.56 Å². The molecule has 0 radical (unpaired) electrons. The van der Waals surface area contributed by atoms with Crippen LogP contribution in [0.1, 0.15) is 35.1 Å². The smallest absolute Gasteiger partial charge is 0.345 e. The quantitative estimate of drug-likeness (QED) is 0.480. The number of aromatic nitrogens is 2. The van der Waals surface area contributed by atoms with E-state index in [-0.39, 0.29) is 17.9 Å². The van der Waals surface area contributed by atoms with Crippen LogP contribution in [0.2, 0.25) is 0 Å². The molecule has 0 N–H and O–H groups in total. The van der Waals surface area contributed by atoms with Crippen molar-refractivity contribution in [2.24, 2.45) is 0 Å². The van der Waals surface area contributed by atoms with E-state index in [0.29, 0.717) is 18.8 Å². The van der Waals surface area contributed by atoms with Crippen molar-refractivity contribution in [2.75, 3.05) is 6.61 Å². The Bertz CT molecular complexity index is 928. The Balaban J connectivity index is 1.94. The van der Waals surface area contributed by atoms with Crippen molar-refractivity contribution >= 4 is 23.3 Å². The Kier molecular flexibility index (Phi) is 4.42. The molecule has 1 aromatic heterocycles. The van der Waals surface area contributed by atoms with Gasteiger partial charge in [-0.05, 0) is 42.7 Å². The Hall–Kier alpha value is -3.29. The molecule has 8 nitrogen and oxygen atoms in total. The second kappa shape index (κ2) is 6.68. The van der Waals surface area contributed by atoms with Crippen LogP contribution in [0.3, 0.4) is 0 Å². The van der Waals surface area contributed by atoms with Gasteiger partial charge in [0.2, 0.25) is 0 Å². The topological polar surface area (TPSA) is 104 Å².